The lowest BCUT2D eigenvalue weighted by atomic mass is 10.2. The van der Waals surface area contributed by atoms with Gasteiger partial charge in [0.25, 0.3) is 0 Å². The van der Waals surface area contributed by atoms with Gasteiger partial charge in [0.2, 0.25) is 8.07 Å². The van der Waals surface area contributed by atoms with Crippen molar-refractivity contribution in [2.75, 3.05) is 6.61 Å². The minimum Gasteiger partial charge on any atom is -0.376 e. The van der Waals surface area contributed by atoms with Crippen molar-refractivity contribution in [1.29, 1.82) is 0 Å². The molecule has 0 saturated carbocycles. The number of ether oxygens (including phenoxy) is 1. The smallest absolute Gasteiger partial charge is 0.202 e. The molecule has 0 atom stereocenters. The number of rotatable bonds is 8. The molecule has 0 amide bonds. The van der Waals surface area contributed by atoms with E-state index in [-0.39, 0.29) is 0 Å². The highest BCUT2D eigenvalue weighted by molar-refractivity contribution is 7.08. The molecular formula is C26H26OSi. The Hall–Kier alpha value is -2.86. The Bertz CT molecular complexity index is 869. The van der Waals surface area contributed by atoms with E-state index in [1.165, 1.54) is 15.9 Å². The molecule has 0 radical (unpaired) electrons. The number of hydrogen-bond donors (Lipinski definition) is 0. The summed E-state index contributed by atoms with van der Waals surface area (Å²) in [4.78, 5) is 0. The normalized spacial score (nSPS) is 10.7. The van der Waals surface area contributed by atoms with Gasteiger partial charge in [-0.25, -0.2) is 0 Å². The Morgan fingerprint density at radius 1 is 0.786 bits per heavy atom. The fraction of sp³-hybridized carbons (Fsp3) is 0.154. The summed E-state index contributed by atoms with van der Waals surface area (Å²) in [7, 11) is -2.21. The highest BCUT2D eigenvalue weighted by Crippen LogP contribution is 2.12. The van der Waals surface area contributed by atoms with Gasteiger partial charge in [-0.05, 0) is 22.0 Å². The Kier molecular flexibility index (Phi) is 7.43. The molecule has 0 heterocycles. The van der Waals surface area contributed by atoms with Crippen LogP contribution in [-0.4, -0.2) is 14.7 Å². The van der Waals surface area contributed by atoms with Gasteiger partial charge in [0, 0.05) is 6.42 Å². The summed E-state index contributed by atoms with van der Waals surface area (Å²) in [6.45, 7) is 5.31. The summed E-state index contributed by atoms with van der Waals surface area (Å²) < 4.78 is 5.80. The van der Waals surface area contributed by atoms with Crippen molar-refractivity contribution in [2.24, 2.45) is 0 Å². The van der Waals surface area contributed by atoms with Gasteiger partial charge in [0.05, 0.1) is 13.2 Å². The lowest BCUT2D eigenvalue weighted by Crippen LogP contribution is -2.57. The summed E-state index contributed by atoms with van der Waals surface area (Å²) in [6.07, 6.45) is 2.76. The molecule has 0 fully saturated rings. The van der Waals surface area contributed by atoms with Crippen LogP contribution in [0, 0.1) is 11.5 Å². The van der Waals surface area contributed by atoms with Crippen LogP contribution in [0.15, 0.2) is 104 Å². The van der Waals surface area contributed by atoms with Crippen LogP contribution in [0.4, 0.5) is 0 Å². The third-order valence-corrected chi connectivity index (χ3v) is 8.91. The van der Waals surface area contributed by atoms with Gasteiger partial charge in [-0.2, -0.15) is 0 Å². The SMILES string of the molecule is C=CC[Si](C#CCCOCc1ccccc1)(c1ccccc1)c1ccccc1. The van der Waals surface area contributed by atoms with E-state index in [1.807, 2.05) is 24.3 Å². The maximum atomic E-state index is 5.80. The first-order valence-corrected chi connectivity index (χ1v) is 11.9. The van der Waals surface area contributed by atoms with Crippen LogP contribution < -0.4 is 10.4 Å². The maximum Gasteiger partial charge on any atom is 0.202 e. The highest BCUT2D eigenvalue weighted by Gasteiger charge is 2.34. The maximum absolute atomic E-state index is 5.80. The molecule has 0 spiro atoms. The third kappa shape index (κ3) is 5.10. The van der Waals surface area contributed by atoms with E-state index < -0.39 is 8.07 Å². The molecule has 0 saturated heterocycles. The Morgan fingerprint density at radius 3 is 1.86 bits per heavy atom. The molecule has 0 N–H and O–H groups in total. The van der Waals surface area contributed by atoms with Gasteiger partial charge in [-0.3, -0.25) is 0 Å². The summed E-state index contributed by atoms with van der Waals surface area (Å²) in [5, 5.41) is 2.66. The summed E-state index contributed by atoms with van der Waals surface area (Å²) >= 11 is 0. The Morgan fingerprint density at radius 2 is 1.32 bits per heavy atom. The van der Waals surface area contributed by atoms with Gasteiger partial charge in [-0.1, -0.05) is 97.1 Å². The lowest BCUT2D eigenvalue weighted by Gasteiger charge is -2.26. The lowest BCUT2D eigenvalue weighted by molar-refractivity contribution is 0.126. The molecule has 3 aromatic rings. The summed E-state index contributed by atoms with van der Waals surface area (Å²) in [6, 6.07) is 32.5. The minimum absolute atomic E-state index is 0.634. The van der Waals surface area contributed by atoms with Crippen LogP contribution >= 0.6 is 0 Å². The molecule has 140 valence electrons. The van der Waals surface area contributed by atoms with E-state index >= 15 is 0 Å². The molecule has 0 aromatic heterocycles. The average molecular weight is 383 g/mol. The van der Waals surface area contributed by atoms with Gasteiger partial charge in [0.15, 0.2) is 0 Å². The average Bonchev–Trinajstić information content (AvgIpc) is 2.77. The van der Waals surface area contributed by atoms with E-state index in [4.69, 9.17) is 4.74 Å². The summed E-state index contributed by atoms with van der Waals surface area (Å²) in [5.74, 6) is 3.43. The van der Waals surface area contributed by atoms with Crippen LogP contribution in [0.5, 0.6) is 0 Å². The fourth-order valence-corrected chi connectivity index (χ4v) is 6.94. The number of benzene rings is 3. The van der Waals surface area contributed by atoms with Crippen LogP contribution in [0.25, 0.3) is 0 Å². The van der Waals surface area contributed by atoms with Crippen LogP contribution in [0.3, 0.4) is 0 Å². The van der Waals surface area contributed by atoms with Crippen molar-refractivity contribution >= 4 is 18.4 Å². The van der Waals surface area contributed by atoms with Crippen LogP contribution in [0.2, 0.25) is 6.04 Å². The first-order valence-electron chi connectivity index (χ1n) is 9.69. The van der Waals surface area contributed by atoms with Crippen molar-refractivity contribution in [2.45, 2.75) is 19.1 Å². The molecule has 2 heteroatoms. The van der Waals surface area contributed by atoms with E-state index in [0.717, 1.165) is 12.5 Å². The van der Waals surface area contributed by atoms with Crippen molar-refractivity contribution in [3.8, 4) is 11.5 Å². The van der Waals surface area contributed by atoms with Gasteiger partial charge < -0.3 is 4.74 Å². The zero-order valence-electron chi connectivity index (χ0n) is 16.2. The molecule has 0 aliphatic heterocycles. The largest absolute Gasteiger partial charge is 0.376 e. The predicted octanol–water partition coefficient (Wildman–Crippen LogP) is 4.59. The molecule has 3 aromatic carbocycles. The van der Waals surface area contributed by atoms with Crippen molar-refractivity contribution in [3.05, 3.63) is 109 Å². The second-order valence-corrected chi connectivity index (χ2v) is 10.3. The van der Waals surface area contributed by atoms with E-state index in [1.54, 1.807) is 0 Å². The van der Waals surface area contributed by atoms with Crippen molar-refractivity contribution < 1.29 is 4.74 Å². The Labute approximate surface area is 169 Å². The third-order valence-electron chi connectivity index (χ3n) is 4.77. The highest BCUT2D eigenvalue weighted by atomic mass is 28.3. The molecule has 0 unspecified atom stereocenters. The first-order chi connectivity index (χ1) is 13.8. The number of allylic oxidation sites excluding steroid dienone is 1. The molecule has 0 aliphatic rings. The van der Waals surface area contributed by atoms with Gasteiger partial charge >= 0.3 is 0 Å². The molecule has 1 nitrogen and oxygen atoms in total. The minimum atomic E-state index is -2.21. The van der Waals surface area contributed by atoms with E-state index in [0.29, 0.717) is 13.2 Å². The van der Waals surface area contributed by atoms with Crippen molar-refractivity contribution in [1.82, 2.24) is 0 Å². The zero-order chi connectivity index (χ0) is 19.5. The van der Waals surface area contributed by atoms with Crippen LogP contribution in [-0.2, 0) is 11.3 Å². The first kappa shape index (κ1) is 19.9. The fourth-order valence-electron chi connectivity index (χ4n) is 3.36. The quantitative estimate of drug-likeness (QED) is 0.240. The molecule has 28 heavy (non-hydrogen) atoms. The standard InChI is InChI=1S/C26H26OSi/c1-2-21-28(25-16-8-4-9-17-25,26-18-10-5-11-19-26)22-13-12-20-27-23-24-14-6-3-7-15-24/h2-11,14-19H,1,12,20-21,23H2. The van der Waals surface area contributed by atoms with Crippen molar-refractivity contribution in [3.63, 3.8) is 0 Å². The van der Waals surface area contributed by atoms with E-state index in [9.17, 15) is 0 Å². The van der Waals surface area contributed by atoms with Crippen LogP contribution in [0.1, 0.15) is 12.0 Å². The molecule has 3 rings (SSSR count). The van der Waals surface area contributed by atoms with Gasteiger partial charge in [-0.15, -0.1) is 18.0 Å². The number of hydrogen-bond acceptors (Lipinski definition) is 1. The zero-order valence-corrected chi connectivity index (χ0v) is 17.2. The molecule has 0 bridgehead atoms. The predicted molar refractivity (Wildman–Crippen MR) is 121 cm³/mol. The van der Waals surface area contributed by atoms with E-state index in [2.05, 4.69) is 90.8 Å². The molecular weight excluding hydrogens is 356 g/mol. The second-order valence-electron chi connectivity index (χ2n) is 6.72. The summed E-state index contributed by atoms with van der Waals surface area (Å²) in [5.41, 5.74) is 4.90. The molecule has 0 aliphatic carbocycles. The topological polar surface area (TPSA) is 9.23 Å². The Balaban J connectivity index is 1.76. The monoisotopic (exact) mass is 382 g/mol. The van der Waals surface area contributed by atoms with Gasteiger partial charge in [0.1, 0.15) is 0 Å². The second kappa shape index (κ2) is 10.5.